The fourth-order valence-corrected chi connectivity index (χ4v) is 14.0. The molecule has 0 unspecified atom stereocenters. The summed E-state index contributed by atoms with van der Waals surface area (Å²) in [5.41, 5.74) is 10.4. The number of rotatable bonds is 22. The summed E-state index contributed by atoms with van der Waals surface area (Å²) in [7, 11) is 0. The largest absolute Gasteiger partial charge is 0.507 e. The third-order valence-electron chi connectivity index (χ3n) is 21.2. The van der Waals surface area contributed by atoms with Crippen molar-refractivity contribution in [2.24, 2.45) is 5.41 Å². The van der Waals surface area contributed by atoms with E-state index >= 15 is 0 Å². The minimum atomic E-state index is -1.57. The second-order valence-corrected chi connectivity index (χ2v) is 43.4. The highest BCUT2D eigenvalue weighted by Gasteiger charge is 2.40. The molecule has 14 heteroatoms. The number of aromatic hydroxyl groups is 6. The Morgan fingerprint density at radius 1 is 0.239 bits per heavy atom. The predicted molar refractivity (Wildman–Crippen MR) is 462 cm³/mol. The van der Waals surface area contributed by atoms with Crippen LogP contribution < -0.4 is 0 Å². The molecular formula is C99H146O14. The number of esters is 4. The van der Waals surface area contributed by atoms with E-state index in [-0.39, 0.29) is 95.0 Å². The zero-order chi connectivity index (χ0) is 86.7. The van der Waals surface area contributed by atoms with Crippen molar-refractivity contribution in [3.8, 4) is 45.6 Å². The highest BCUT2D eigenvalue weighted by molar-refractivity contribution is 5.74. The van der Waals surface area contributed by atoms with E-state index in [1.54, 1.807) is 0 Å². The molecule has 6 N–H and O–H groups in total. The number of phenolic OH excluding ortho intramolecular Hbond substituents is 6. The van der Waals surface area contributed by atoms with Crippen LogP contribution in [0.15, 0.2) is 72.8 Å². The van der Waals surface area contributed by atoms with Crippen molar-refractivity contribution in [3.63, 3.8) is 0 Å². The Morgan fingerprint density at radius 2 is 0.389 bits per heavy atom. The molecule has 6 aromatic carbocycles. The highest BCUT2D eigenvalue weighted by atomic mass is 16.6. The van der Waals surface area contributed by atoms with Crippen LogP contribution in [0, 0.1) is 5.41 Å². The smallest absolute Gasteiger partial charge is 0.306 e. The normalized spacial score (nSPS) is 13.2. The Bertz CT molecular complexity index is 3860. The monoisotopic (exact) mass is 1560 g/mol. The third kappa shape index (κ3) is 26.0. The van der Waals surface area contributed by atoms with Crippen molar-refractivity contribution >= 4 is 23.9 Å². The van der Waals surface area contributed by atoms with Crippen molar-refractivity contribution < 1.29 is 68.8 Å². The third-order valence-corrected chi connectivity index (χ3v) is 21.2. The lowest BCUT2D eigenvalue weighted by atomic mass is 9.75. The molecule has 0 amide bonds. The van der Waals surface area contributed by atoms with Crippen LogP contribution in [0.25, 0.3) is 11.1 Å². The lowest BCUT2D eigenvalue weighted by Crippen LogP contribution is -2.44. The van der Waals surface area contributed by atoms with Crippen LogP contribution >= 0.6 is 0 Å². The van der Waals surface area contributed by atoms with E-state index in [0.717, 1.165) is 100 Å². The highest BCUT2D eigenvalue weighted by Crippen LogP contribution is 2.48. The molecule has 0 aliphatic heterocycles. The summed E-state index contributed by atoms with van der Waals surface area (Å²) in [5.74, 6) is -0.675. The summed E-state index contributed by atoms with van der Waals surface area (Å²) in [5, 5.41) is 67.5. The summed E-state index contributed by atoms with van der Waals surface area (Å²) < 4.78 is 24.3. The van der Waals surface area contributed by atoms with Crippen molar-refractivity contribution in [1.82, 2.24) is 0 Å². The van der Waals surface area contributed by atoms with E-state index in [4.69, 9.17) is 18.9 Å². The molecule has 0 aromatic heterocycles. The Hall–Kier alpha value is -8.00. The van der Waals surface area contributed by atoms with Crippen LogP contribution in [0.3, 0.4) is 0 Å². The van der Waals surface area contributed by atoms with E-state index in [9.17, 15) is 49.8 Å². The molecule has 0 spiro atoms. The number of hydrogen-bond acceptors (Lipinski definition) is 14. The average molecular weight is 1560 g/mol. The Morgan fingerprint density at radius 3 is 0.549 bits per heavy atom. The first-order valence-electron chi connectivity index (χ1n) is 40.9. The molecule has 6 rings (SSSR count). The standard InChI is InChI=1S/C71H104O12.C28H42O2/c1-23-48-32-44(33-49(60(48)76)64(2,3)4)24-28-56(72)80-40-71(41-81-57(73)29-25-45-34-50(65(5,6)7)61(77)51(35-45)66(8,9)10,42-82-58(74)30-26-46-36-52(67(11,12)13)62(78)53(37-46)68(14,15)16)43-83-59(75)31-27-47-38-54(69(17,18)19)63(79)55(39-47)70(20,21)22;1-25(2,3)19-13-17(14-20(23(19)29)26(4,5)6)18-15-21(27(7,8)9)24(30)22(16-18)28(10,11)12/h32-39,76-79H,23-31,40-43H2,1-22H3;13-16,29-30H,1-12H3. The van der Waals surface area contributed by atoms with Gasteiger partial charge in [0.2, 0.25) is 0 Å². The van der Waals surface area contributed by atoms with Crippen LogP contribution in [0.5, 0.6) is 34.5 Å². The first-order chi connectivity index (χ1) is 51.0. The van der Waals surface area contributed by atoms with E-state index in [2.05, 4.69) is 107 Å². The van der Waals surface area contributed by atoms with Gasteiger partial charge in [-0.15, -0.1) is 0 Å². The van der Waals surface area contributed by atoms with Gasteiger partial charge in [0.1, 0.15) is 66.3 Å². The summed E-state index contributed by atoms with van der Waals surface area (Å²) >= 11 is 0. The number of ether oxygens (including phenoxy) is 4. The zero-order valence-electron chi connectivity index (χ0n) is 76.1. The van der Waals surface area contributed by atoms with Gasteiger partial charge in [-0.2, -0.15) is 0 Å². The number of carbonyl (C=O) groups excluding carboxylic acids is 4. The van der Waals surface area contributed by atoms with Gasteiger partial charge in [-0.1, -0.05) is 284 Å². The Balaban J connectivity index is 0.000000632. The molecular weight excluding hydrogens is 1410 g/mol. The molecule has 0 aliphatic carbocycles. The summed E-state index contributed by atoms with van der Waals surface area (Å²) in [6.45, 7) is 68.2. The maximum absolute atomic E-state index is 14.1. The van der Waals surface area contributed by atoms with E-state index < -0.39 is 88.2 Å². The number of hydrogen-bond donors (Lipinski definition) is 6. The van der Waals surface area contributed by atoms with Gasteiger partial charge in [-0.05, 0) is 194 Å². The van der Waals surface area contributed by atoms with Gasteiger partial charge >= 0.3 is 23.9 Å². The van der Waals surface area contributed by atoms with Gasteiger partial charge in [-0.25, -0.2) is 0 Å². The lowest BCUT2D eigenvalue weighted by molar-refractivity contribution is -0.170. The maximum Gasteiger partial charge on any atom is 0.306 e. The van der Waals surface area contributed by atoms with Gasteiger partial charge in [-0.3, -0.25) is 19.2 Å². The number of benzene rings is 6. The second-order valence-electron chi connectivity index (χ2n) is 43.4. The van der Waals surface area contributed by atoms with E-state index in [0.29, 0.717) is 24.3 Å². The molecule has 626 valence electrons. The summed E-state index contributed by atoms with van der Waals surface area (Å²) in [6.07, 6.45) is 1.49. The number of carbonyl (C=O) groups is 4. The zero-order valence-corrected chi connectivity index (χ0v) is 76.1. The Kier molecular flexibility index (Phi) is 29.8. The number of aryl methyl sites for hydroxylation is 5. The fraction of sp³-hybridized carbons (Fsp3) is 0.596. The molecule has 0 heterocycles. The molecule has 0 aliphatic rings. The second kappa shape index (κ2) is 35.2. The van der Waals surface area contributed by atoms with Crippen molar-refractivity contribution in [2.45, 2.75) is 353 Å². The minimum absolute atomic E-state index is 0.0494. The van der Waals surface area contributed by atoms with Crippen LogP contribution in [0.1, 0.15) is 350 Å². The lowest BCUT2D eigenvalue weighted by Gasteiger charge is -2.32. The fourth-order valence-electron chi connectivity index (χ4n) is 14.0. The van der Waals surface area contributed by atoms with Crippen LogP contribution in [0.2, 0.25) is 0 Å². The molecule has 6 aromatic rings. The van der Waals surface area contributed by atoms with Gasteiger partial charge in [0.25, 0.3) is 0 Å². The molecule has 0 atom stereocenters. The Labute approximate surface area is 681 Å². The van der Waals surface area contributed by atoms with E-state index in [1.807, 2.05) is 201 Å². The molecule has 0 saturated carbocycles. The van der Waals surface area contributed by atoms with Crippen LogP contribution in [-0.2, 0) is 130 Å². The van der Waals surface area contributed by atoms with Crippen LogP contribution in [0.4, 0.5) is 0 Å². The summed E-state index contributed by atoms with van der Waals surface area (Å²) in [6, 6.07) is 23.8. The molecule has 113 heavy (non-hydrogen) atoms. The predicted octanol–water partition coefficient (Wildman–Crippen LogP) is 23.1. The average Bonchev–Trinajstić information content (AvgIpc) is 0.755. The first-order valence-corrected chi connectivity index (χ1v) is 40.9. The minimum Gasteiger partial charge on any atom is -0.507 e. The van der Waals surface area contributed by atoms with Gasteiger partial charge in [0, 0.05) is 47.9 Å². The molecule has 0 saturated heterocycles. The van der Waals surface area contributed by atoms with Gasteiger partial charge in [0.05, 0.1) is 0 Å². The molecule has 0 bridgehead atoms. The summed E-state index contributed by atoms with van der Waals surface area (Å²) in [4.78, 5) is 56.1. The molecule has 14 nitrogen and oxygen atoms in total. The quantitative estimate of drug-likeness (QED) is 0.0275. The van der Waals surface area contributed by atoms with Gasteiger partial charge < -0.3 is 49.6 Å². The van der Waals surface area contributed by atoms with Crippen molar-refractivity contribution in [2.75, 3.05) is 26.4 Å². The maximum atomic E-state index is 14.1. The molecule has 0 fully saturated rings. The van der Waals surface area contributed by atoms with Crippen molar-refractivity contribution in [3.05, 3.63) is 162 Å². The van der Waals surface area contributed by atoms with E-state index in [1.165, 1.54) is 0 Å². The molecule has 0 radical (unpaired) electrons. The topological polar surface area (TPSA) is 227 Å². The van der Waals surface area contributed by atoms with Crippen LogP contribution in [-0.4, -0.2) is 80.9 Å². The van der Waals surface area contributed by atoms with Gasteiger partial charge in [0.15, 0.2) is 0 Å². The number of phenols is 6. The SMILES string of the molecule is CC(C)(C)c1cc(-c2cc(C(C)(C)C)c(O)c(C(C)(C)C)c2)cc(C(C)(C)C)c1O.CCc1cc(CCC(=O)OCC(COC(=O)CCc2cc(C(C)(C)C)c(O)c(C(C)(C)C)c2)(COC(=O)CCc2cc(C(C)(C)C)c(O)c(C(C)(C)C)c2)COC(=O)CCc2cc(C(C)(C)C)c(O)c(C(C)(C)C)c2)cc(C(C)(C)C)c1O. The van der Waals surface area contributed by atoms with Crippen molar-refractivity contribution in [1.29, 1.82) is 0 Å². The first kappa shape index (κ1) is 95.6.